The fourth-order valence-corrected chi connectivity index (χ4v) is 4.96. The molecule has 1 fully saturated rings. The van der Waals surface area contributed by atoms with Crippen molar-refractivity contribution in [2.45, 2.75) is 25.3 Å². The van der Waals surface area contributed by atoms with Gasteiger partial charge < -0.3 is 14.5 Å². The van der Waals surface area contributed by atoms with Crippen LogP contribution < -0.4 is 4.74 Å². The molecule has 0 radical (unpaired) electrons. The standard InChI is InChI=1S/C28H31N5O2/c1-18(28(34)33(3)22-12-13-32(2)17-22)19-8-7-9-20(14-19)21-15-24-26(30-31-27(24)29-16-21)23-10-5-6-11-25(23)35-4/h5-11,14-16,18,22H,12-13,17H2,1-4H3,(H,29,30,31). The number of likely N-dealkylation sites (N-methyl/N-ethyl adjacent to an activating group) is 2. The van der Waals surface area contributed by atoms with Crippen LogP contribution in [0, 0.1) is 0 Å². The highest BCUT2D eigenvalue weighted by Gasteiger charge is 2.29. The number of nitrogens with zero attached hydrogens (tertiary/aromatic N) is 4. The van der Waals surface area contributed by atoms with Crippen LogP contribution in [0.4, 0.5) is 0 Å². The van der Waals surface area contributed by atoms with Crippen molar-refractivity contribution in [2.24, 2.45) is 0 Å². The summed E-state index contributed by atoms with van der Waals surface area (Å²) >= 11 is 0. The van der Waals surface area contributed by atoms with E-state index in [-0.39, 0.29) is 17.9 Å². The van der Waals surface area contributed by atoms with Crippen molar-refractivity contribution in [2.75, 3.05) is 34.3 Å². The van der Waals surface area contributed by atoms with Gasteiger partial charge in [-0.15, -0.1) is 0 Å². The molecule has 0 saturated carbocycles. The molecule has 180 valence electrons. The smallest absolute Gasteiger partial charge is 0.229 e. The third-order valence-electron chi connectivity index (χ3n) is 7.14. The van der Waals surface area contributed by atoms with E-state index in [0.717, 1.165) is 58.6 Å². The van der Waals surface area contributed by atoms with Gasteiger partial charge in [-0.3, -0.25) is 9.89 Å². The number of H-pyrrole nitrogens is 1. The maximum absolute atomic E-state index is 13.3. The van der Waals surface area contributed by atoms with E-state index in [2.05, 4.69) is 45.3 Å². The number of amides is 1. The number of benzene rings is 2. The number of likely N-dealkylation sites (tertiary alicyclic amines) is 1. The van der Waals surface area contributed by atoms with Crippen LogP contribution in [0.3, 0.4) is 0 Å². The van der Waals surface area contributed by atoms with Crippen LogP contribution in [0.5, 0.6) is 5.75 Å². The molecule has 0 spiro atoms. The number of hydrogen-bond acceptors (Lipinski definition) is 5. The van der Waals surface area contributed by atoms with Gasteiger partial charge in [0.2, 0.25) is 5.91 Å². The second-order valence-electron chi connectivity index (χ2n) is 9.40. The summed E-state index contributed by atoms with van der Waals surface area (Å²) in [6, 6.07) is 18.4. The molecule has 4 aromatic rings. The average Bonchev–Trinajstić information content (AvgIpc) is 3.53. The number of aromatic nitrogens is 3. The lowest BCUT2D eigenvalue weighted by atomic mass is 9.95. The highest BCUT2D eigenvalue weighted by Crippen LogP contribution is 2.35. The highest BCUT2D eigenvalue weighted by atomic mass is 16.5. The Morgan fingerprint density at radius 3 is 2.77 bits per heavy atom. The Bertz CT molecular complexity index is 1360. The minimum Gasteiger partial charge on any atom is -0.496 e. The monoisotopic (exact) mass is 469 g/mol. The Morgan fingerprint density at radius 1 is 1.17 bits per heavy atom. The van der Waals surface area contributed by atoms with Crippen LogP contribution in [0.1, 0.15) is 24.8 Å². The van der Waals surface area contributed by atoms with Crippen LogP contribution in [0.25, 0.3) is 33.4 Å². The van der Waals surface area contributed by atoms with E-state index in [1.807, 2.05) is 61.5 Å². The Balaban J connectivity index is 1.45. The Hall–Kier alpha value is -3.71. The number of methoxy groups -OCH3 is 1. The summed E-state index contributed by atoms with van der Waals surface area (Å²) in [4.78, 5) is 22.1. The summed E-state index contributed by atoms with van der Waals surface area (Å²) in [6.07, 6.45) is 2.86. The number of carbonyl (C=O) groups excluding carboxylic acids is 1. The number of ether oxygens (including phenoxy) is 1. The number of fused-ring (bicyclic) bond motifs is 1. The van der Waals surface area contributed by atoms with Crippen LogP contribution >= 0.6 is 0 Å². The van der Waals surface area contributed by atoms with E-state index in [4.69, 9.17) is 4.74 Å². The average molecular weight is 470 g/mol. The van der Waals surface area contributed by atoms with Crippen LogP contribution in [0.2, 0.25) is 0 Å². The van der Waals surface area contributed by atoms with E-state index in [0.29, 0.717) is 5.65 Å². The van der Waals surface area contributed by atoms with E-state index in [1.165, 1.54) is 0 Å². The lowest BCUT2D eigenvalue weighted by Crippen LogP contribution is -2.40. The predicted octanol–water partition coefficient (Wildman–Crippen LogP) is 4.57. The number of pyridine rings is 1. The van der Waals surface area contributed by atoms with Crippen LogP contribution in [-0.2, 0) is 4.79 Å². The molecule has 7 heteroatoms. The normalized spacial score (nSPS) is 17.0. The molecular weight excluding hydrogens is 438 g/mol. The first-order chi connectivity index (χ1) is 17.0. The quantitative estimate of drug-likeness (QED) is 0.448. The lowest BCUT2D eigenvalue weighted by Gasteiger charge is -2.27. The van der Waals surface area contributed by atoms with Crippen molar-refractivity contribution < 1.29 is 9.53 Å². The highest BCUT2D eigenvalue weighted by molar-refractivity contribution is 5.95. The molecule has 35 heavy (non-hydrogen) atoms. The zero-order valence-corrected chi connectivity index (χ0v) is 20.7. The van der Waals surface area contributed by atoms with Crippen molar-refractivity contribution in [3.05, 3.63) is 66.4 Å². The maximum Gasteiger partial charge on any atom is 0.229 e. The van der Waals surface area contributed by atoms with E-state index >= 15 is 0 Å². The number of rotatable bonds is 6. The molecule has 0 bridgehead atoms. The first-order valence-corrected chi connectivity index (χ1v) is 12.0. The van der Waals surface area contributed by atoms with Gasteiger partial charge in [-0.05, 0) is 56.3 Å². The molecule has 7 nitrogen and oxygen atoms in total. The number of aromatic amines is 1. The lowest BCUT2D eigenvalue weighted by molar-refractivity contribution is -0.133. The Kier molecular flexibility index (Phi) is 6.26. The van der Waals surface area contributed by atoms with Crippen molar-refractivity contribution >= 4 is 16.9 Å². The summed E-state index contributed by atoms with van der Waals surface area (Å²) in [5, 5.41) is 8.44. The molecule has 2 unspecified atom stereocenters. The largest absolute Gasteiger partial charge is 0.496 e. The van der Waals surface area contributed by atoms with Gasteiger partial charge in [-0.1, -0.05) is 36.4 Å². The Labute approximate surface area is 205 Å². The zero-order chi connectivity index (χ0) is 24.5. The number of carbonyl (C=O) groups is 1. The topological polar surface area (TPSA) is 74.3 Å². The summed E-state index contributed by atoms with van der Waals surface area (Å²) < 4.78 is 5.55. The predicted molar refractivity (Wildman–Crippen MR) is 138 cm³/mol. The number of hydrogen-bond donors (Lipinski definition) is 1. The molecule has 2 aromatic carbocycles. The molecule has 0 aliphatic carbocycles. The summed E-state index contributed by atoms with van der Waals surface area (Å²) in [7, 11) is 5.70. The van der Waals surface area contributed by atoms with Crippen molar-refractivity contribution in [3.8, 4) is 28.1 Å². The fourth-order valence-electron chi connectivity index (χ4n) is 4.96. The molecule has 5 rings (SSSR count). The second-order valence-corrected chi connectivity index (χ2v) is 9.40. The van der Waals surface area contributed by atoms with Gasteiger partial charge >= 0.3 is 0 Å². The first-order valence-electron chi connectivity index (χ1n) is 12.0. The number of para-hydroxylation sites is 1. The SMILES string of the molecule is COc1ccccc1-c1[nH]nc2ncc(-c3cccc(C(C)C(=O)N(C)C4CCN(C)C4)c3)cc12. The summed E-state index contributed by atoms with van der Waals surface area (Å²) in [6.45, 7) is 3.96. The summed E-state index contributed by atoms with van der Waals surface area (Å²) in [5.74, 6) is 0.709. The minimum atomic E-state index is -0.222. The molecular formula is C28H31N5O2. The first kappa shape index (κ1) is 23.1. The maximum atomic E-state index is 13.3. The van der Waals surface area contributed by atoms with E-state index in [1.54, 1.807) is 7.11 Å². The number of nitrogens with one attached hydrogen (secondary N) is 1. The van der Waals surface area contributed by atoms with Gasteiger partial charge in [-0.25, -0.2) is 4.98 Å². The van der Waals surface area contributed by atoms with E-state index < -0.39 is 0 Å². The fraction of sp³-hybridized carbons (Fsp3) is 0.321. The van der Waals surface area contributed by atoms with Crippen LogP contribution in [0.15, 0.2) is 60.8 Å². The molecule has 1 saturated heterocycles. The van der Waals surface area contributed by atoms with Crippen molar-refractivity contribution in [1.29, 1.82) is 0 Å². The molecule has 1 amide bonds. The third kappa shape index (κ3) is 4.39. The molecule has 2 atom stereocenters. The molecule has 1 aliphatic rings. The second kappa shape index (κ2) is 9.50. The molecule has 2 aromatic heterocycles. The molecule has 3 heterocycles. The summed E-state index contributed by atoms with van der Waals surface area (Å²) in [5.41, 5.74) is 5.45. The van der Waals surface area contributed by atoms with Gasteiger partial charge in [0.1, 0.15) is 5.75 Å². The van der Waals surface area contributed by atoms with Gasteiger partial charge in [0, 0.05) is 42.3 Å². The van der Waals surface area contributed by atoms with Gasteiger partial charge in [0.15, 0.2) is 5.65 Å². The van der Waals surface area contributed by atoms with Crippen LogP contribution in [-0.4, -0.2) is 71.2 Å². The molecule has 1 aliphatic heterocycles. The van der Waals surface area contributed by atoms with Gasteiger partial charge in [0.25, 0.3) is 0 Å². The van der Waals surface area contributed by atoms with Crippen molar-refractivity contribution in [1.82, 2.24) is 25.0 Å². The third-order valence-corrected chi connectivity index (χ3v) is 7.14. The van der Waals surface area contributed by atoms with Gasteiger partial charge in [-0.2, -0.15) is 5.10 Å². The Morgan fingerprint density at radius 2 is 2.00 bits per heavy atom. The molecule has 1 N–H and O–H groups in total. The van der Waals surface area contributed by atoms with Gasteiger partial charge in [0.05, 0.1) is 18.7 Å². The minimum absolute atomic E-state index is 0.157. The zero-order valence-electron chi connectivity index (χ0n) is 20.7. The van der Waals surface area contributed by atoms with Crippen molar-refractivity contribution in [3.63, 3.8) is 0 Å². The van der Waals surface area contributed by atoms with E-state index in [9.17, 15) is 4.79 Å².